The van der Waals surface area contributed by atoms with E-state index in [1.807, 2.05) is 58.2 Å². The topological polar surface area (TPSA) is 56.7 Å². The zero-order valence-electron chi connectivity index (χ0n) is 21.5. The Bertz CT molecular complexity index is 1020. The smallest absolute Gasteiger partial charge is 0.292 e. The number of allylic oxidation sites excluding steroid dienone is 4. The first-order valence-corrected chi connectivity index (χ1v) is 12.1. The summed E-state index contributed by atoms with van der Waals surface area (Å²) in [6.45, 7) is 10.2. The number of carbonyl (C=O) groups is 1. The molecule has 0 saturated heterocycles. The number of aliphatic imine (C=N–C) groups is 1. The Kier molecular flexibility index (Phi) is 11.1. The van der Waals surface area contributed by atoms with E-state index >= 15 is 0 Å². The van der Waals surface area contributed by atoms with Gasteiger partial charge in [-0.3, -0.25) is 15.1 Å². The summed E-state index contributed by atoms with van der Waals surface area (Å²) < 4.78 is 24.9. The Labute approximate surface area is 208 Å². The molecule has 0 radical (unpaired) electrons. The fourth-order valence-electron chi connectivity index (χ4n) is 3.70. The average Bonchev–Trinajstić information content (AvgIpc) is 2.82. The van der Waals surface area contributed by atoms with Crippen LogP contribution in [0.5, 0.6) is 0 Å². The molecule has 1 atom stereocenters. The third kappa shape index (κ3) is 8.91. The molecule has 0 heterocycles. The molecule has 1 aliphatic carbocycles. The van der Waals surface area contributed by atoms with Gasteiger partial charge >= 0.3 is 0 Å². The maximum atomic E-state index is 12.8. The highest BCUT2D eigenvalue weighted by molar-refractivity contribution is 6.01. The minimum Gasteiger partial charge on any atom is -0.355 e. The maximum absolute atomic E-state index is 12.8. The number of benzene rings is 1. The molecule has 2 rings (SSSR count). The lowest BCUT2D eigenvalue weighted by Crippen LogP contribution is -2.32. The van der Waals surface area contributed by atoms with Crippen LogP contribution in [0.2, 0.25) is 0 Å². The van der Waals surface area contributed by atoms with Gasteiger partial charge in [0.25, 0.3) is 12.5 Å². The average molecular weight is 485 g/mol. The summed E-state index contributed by atoms with van der Waals surface area (Å²) in [5.74, 6) is 0.0321. The molecule has 1 aromatic carbocycles. The van der Waals surface area contributed by atoms with Gasteiger partial charge in [0.1, 0.15) is 0 Å². The van der Waals surface area contributed by atoms with Crippen LogP contribution in [-0.4, -0.2) is 42.7 Å². The monoisotopic (exact) mass is 484 g/mol. The van der Waals surface area contributed by atoms with Crippen LogP contribution in [0.4, 0.5) is 14.5 Å². The van der Waals surface area contributed by atoms with Gasteiger partial charge in [0, 0.05) is 37.1 Å². The van der Waals surface area contributed by atoms with Crippen molar-refractivity contribution in [3.05, 3.63) is 77.2 Å². The van der Waals surface area contributed by atoms with E-state index in [4.69, 9.17) is 0 Å². The summed E-state index contributed by atoms with van der Waals surface area (Å²) in [6, 6.07) is 5.31. The van der Waals surface area contributed by atoms with Crippen LogP contribution in [0.25, 0.3) is 0 Å². The second-order valence-corrected chi connectivity index (χ2v) is 8.92. The predicted octanol–water partition coefficient (Wildman–Crippen LogP) is 6.61. The number of nitrogens with one attached hydrogen (secondary N) is 2. The van der Waals surface area contributed by atoms with Crippen LogP contribution in [0.15, 0.2) is 71.0 Å². The van der Waals surface area contributed by atoms with Crippen molar-refractivity contribution in [3.63, 3.8) is 0 Å². The number of amides is 1. The van der Waals surface area contributed by atoms with Gasteiger partial charge in [-0.05, 0) is 68.5 Å². The zero-order valence-corrected chi connectivity index (χ0v) is 21.5. The largest absolute Gasteiger partial charge is 0.355 e. The summed E-state index contributed by atoms with van der Waals surface area (Å²) in [7, 11) is 1.85. The Morgan fingerprint density at radius 2 is 2.06 bits per heavy atom. The lowest BCUT2D eigenvalue weighted by molar-refractivity contribution is 0.0792. The molecule has 7 heteroatoms. The van der Waals surface area contributed by atoms with Crippen LogP contribution in [0.1, 0.15) is 62.4 Å². The number of nitrogens with zero attached hydrogens (tertiary/aromatic N) is 2. The zero-order chi connectivity index (χ0) is 26.0. The fourth-order valence-corrected chi connectivity index (χ4v) is 3.70. The molecule has 190 valence electrons. The van der Waals surface area contributed by atoms with E-state index in [1.165, 1.54) is 0 Å². The summed E-state index contributed by atoms with van der Waals surface area (Å²) in [5.41, 5.74) is 5.70. The highest BCUT2D eigenvalue weighted by Crippen LogP contribution is 2.20. The molecule has 35 heavy (non-hydrogen) atoms. The Morgan fingerprint density at radius 3 is 2.66 bits per heavy atom. The van der Waals surface area contributed by atoms with Gasteiger partial charge < -0.3 is 10.2 Å². The number of halogens is 2. The SMILES string of the molecule is C=C(Nc1ccc(C(=O)N(C)CCCCC)c(C)c1)/C(C)=N/C=C(\C)C1=CCC(NC(F)F)C=C1. The predicted molar refractivity (Wildman–Crippen MR) is 142 cm³/mol. The van der Waals surface area contributed by atoms with Crippen LogP contribution in [0.3, 0.4) is 0 Å². The molecule has 1 aromatic rings. The van der Waals surface area contributed by atoms with Crippen LogP contribution in [-0.2, 0) is 0 Å². The lowest BCUT2D eigenvalue weighted by Gasteiger charge is -2.19. The molecular weight excluding hydrogens is 446 g/mol. The lowest BCUT2D eigenvalue weighted by atomic mass is 9.98. The van der Waals surface area contributed by atoms with Crippen molar-refractivity contribution >= 4 is 17.3 Å². The van der Waals surface area contributed by atoms with E-state index in [2.05, 4.69) is 29.1 Å². The Hall–Kier alpha value is -3.06. The third-order valence-electron chi connectivity index (χ3n) is 5.98. The van der Waals surface area contributed by atoms with Crippen molar-refractivity contribution in [1.82, 2.24) is 10.2 Å². The van der Waals surface area contributed by atoms with Crippen molar-refractivity contribution in [2.24, 2.45) is 4.99 Å². The summed E-state index contributed by atoms with van der Waals surface area (Å²) in [4.78, 5) is 19.1. The van der Waals surface area contributed by atoms with Crippen molar-refractivity contribution in [2.45, 2.75) is 66.0 Å². The van der Waals surface area contributed by atoms with Gasteiger partial charge in [0.2, 0.25) is 0 Å². The van der Waals surface area contributed by atoms with E-state index in [0.29, 0.717) is 17.7 Å². The highest BCUT2D eigenvalue weighted by atomic mass is 19.3. The summed E-state index contributed by atoms with van der Waals surface area (Å²) >= 11 is 0. The van der Waals surface area contributed by atoms with Crippen molar-refractivity contribution in [1.29, 1.82) is 0 Å². The summed E-state index contributed by atoms with van der Waals surface area (Å²) in [5, 5.41) is 5.47. The standard InChI is InChI=1S/C28H38F2N4O/c1-7-8-9-16-34(6)27(35)26-15-14-25(17-19(26)2)32-22(5)21(4)31-18-20(3)23-10-12-24(13-11-23)33-28(29)30/h10-12,14-15,17-18,24,28,32-33H,5,7-9,13,16H2,1-4,6H3/b20-18+,31-21+. The van der Waals surface area contributed by atoms with E-state index in [1.54, 1.807) is 17.2 Å². The van der Waals surface area contributed by atoms with Crippen LogP contribution in [0, 0.1) is 6.92 Å². The first kappa shape index (κ1) is 28.2. The van der Waals surface area contributed by atoms with Gasteiger partial charge in [0.05, 0.1) is 11.4 Å². The Morgan fingerprint density at radius 1 is 1.31 bits per heavy atom. The van der Waals surface area contributed by atoms with Crippen LogP contribution < -0.4 is 10.6 Å². The number of anilines is 1. The van der Waals surface area contributed by atoms with Crippen molar-refractivity contribution < 1.29 is 13.6 Å². The first-order valence-electron chi connectivity index (χ1n) is 12.1. The number of alkyl halides is 2. The minimum atomic E-state index is -2.53. The number of hydrogen-bond acceptors (Lipinski definition) is 4. The molecule has 2 N–H and O–H groups in total. The van der Waals surface area contributed by atoms with Crippen LogP contribution >= 0.6 is 0 Å². The Balaban J connectivity index is 1.98. The molecule has 1 aliphatic rings. The first-order chi connectivity index (χ1) is 16.6. The quantitative estimate of drug-likeness (QED) is 0.199. The molecular formula is C28H38F2N4O. The number of aryl methyl sites for hydroxylation is 1. The molecule has 5 nitrogen and oxygen atoms in total. The second kappa shape index (κ2) is 13.7. The highest BCUT2D eigenvalue weighted by Gasteiger charge is 2.15. The molecule has 0 spiro atoms. The minimum absolute atomic E-state index is 0.0321. The van der Waals surface area contributed by atoms with Gasteiger partial charge in [-0.15, -0.1) is 0 Å². The normalized spacial score (nSPS) is 16.3. The number of rotatable bonds is 12. The molecule has 0 aromatic heterocycles. The maximum Gasteiger partial charge on any atom is 0.292 e. The molecule has 0 saturated carbocycles. The molecule has 0 aliphatic heterocycles. The van der Waals surface area contributed by atoms with Gasteiger partial charge in [-0.25, -0.2) is 0 Å². The number of hydrogen-bond donors (Lipinski definition) is 2. The van der Waals surface area contributed by atoms with E-state index in [9.17, 15) is 13.6 Å². The third-order valence-corrected chi connectivity index (χ3v) is 5.98. The summed E-state index contributed by atoms with van der Waals surface area (Å²) in [6.07, 6.45) is 11.0. The molecule has 1 amide bonds. The van der Waals surface area contributed by atoms with E-state index < -0.39 is 6.55 Å². The molecule has 0 fully saturated rings. The van der Waals surface area contributed by atoms with Crippen molar-refractivity contribution in [3.8, 4) is 0 Å². The van der Waals surface area contributed by atoms with Gasteiger partial charge in [-0.2, -0.15) is 8.78 Å². The van der Waals surface area contributed by atoms with Crippen molar-refractivity contribution in [2.75, 3.05) is 18.9 Å². The number of carbonyl (C=O) groups excluding carboxylic acids is 1. The van der Waals surface area contributed by atoms with E-state index in [0.717, 1.165) is 53.9 Å². The van der Waals surface area contributed by atoms with Gasteiger partial charge in [0.15, 0.2) is 0 Å². The number of unbranched alkanes of at least 4 members (excludes halogenated alkanes) is 2. The second-order valence-electron chi connectivity index (χ2n) is 8.92. The molecule has 1 unspecified atom stereocenters. The molecule has 0 bridgehead atoms. The van der Waals surface area contributed by atoms with Gasteiger partial charge in [-0.1, -0.05) is 44.6 Å². The fraction of sp³-hybridized carbons (Fsp3) is 0.429. The van der Waals surface area contributed by atoms with E-state index in [-0.39, 0.29) is 11.9 Å².